The standard InChI is InChI=1S/C26H31N3O5S/c1-17-4-3-5-18-14-19(26(31)27-25(17)18)16-29(20-6-8-21(30)9-7-20)35(32,33)22-10-11-23-24(15-22)34-13-12-28(23)2/h3-5,10-11,14-15,20-21,30H,6-9,12-13,16H2,1-2H3,(H,27,31)/t20-,21-. The van der Waals surface area contributed by atoms with Crippen LogP contribution in [-0.2, 0) is 16.6 Å². The summed E-state index contributed by atoms with van der Waals surface area (Å²) in [7, 11) is -2.00. The lowest BCUT2D eigenvalue weighted by Gasteiger charge is -2.35. The maximum Gasteiger partial charge on any atom is 0.252 e. The fraction of sp³-hybridized carbons (Fsp3) is 0.423. The first-order chi connectivity index (χ1) is 16.7. The molecule has 0 amide bonds. The maximum absolute atomic E-state index is 14.0. The fourth-order valence-electron chi connectivity index (χ4n) is 5.10. The van der Waals surface area contributed by atoms with Gasteiger partial charge in [0.05, 0.1) is 28.7 Å². The molecule has 1 aliphatic carbocycles. The van der Waals surface area contributed by atoms with Gasteiger partial charge in [-0.2, -0.15) is 4.31 Å². The van der Waals surface area contributed by atoms with Gasteiger partial charge >= 0.3 is 0 Å². The van der Waals surface area contributed by atoms with Crippen molar-refractivity contribution in [1.29, 1.82) is 0 Å². The molecule has 8 nitrogen and oxygen atoms in total. The first-order valence-corrected chi connectivity index (χ1v) is 13.5. The van der Waals surface area contributed by atoms with Crippen LogP contribution in [0.3, 0.4) is 0 Å². The minimum atomic E-state index is -3.95. The van der Waals surface area contributed by atoms with Gasteiger partial charge in [0.25, 0.3) is 5.56 Å². The monoisotopic (exact) mass is 497 g/mol. The van der Waals surface area contributed by atoms with Gasteiger partial charge in [0.2, 0.25) is 10.0 Å². The number of aliphatic hydroxyl groups is 1. The molecule has 9 heteroatoms. The van der Waals surface area contributed by atoms with Crippen molar-refractivity contribution in [3.63, 3.8) is 0 Å². The molecule has 5 rings (SSSR count). The predicted molar refractivity (Wildman–Crippen MR) is 136 cm³/mol. The molecule has 186 valence electrons. The molecule has 2 N–H and O–H groups in total. The third-order valence-electron chi connectivity index (χ3n) is 7.20. The molecule has 0 bridgehead atoms. The Bertz CT molecular complexity index is 1410. The minimum absolute atomic E-state index is 0.0415. The molecule has 1 aromatic heterocycles. The Balaban J connectivity index is 1.56. The molecular weight excluding hydrogens is 466 g/mol. The number of nitrogens with zero attached hydrogens (tertiary/aromatic N) is 2. The number of rotatable bonds is 5. The van der Waals surface area contributed by atoms with E-state index < -0.39 is 16.1 Å². The van der Waals surface area contributed by atoms with E-state index in [1.807, 2.05) is 37.1 Å². The second-order valence-corrected chi connectivity index (χ2v) is 11.5. The Morgan fingerprint density at radius 1 is 1.14 bits per heavy atom. The minimum Gasteiger partial charge on any atom is -0.490 e. The van der Waals surface area contributed by atoms with E-state index in [-0.39, 0.29) is 23.0 Å². The Labute approximate surface area is 205 Å². The number of fused-ring (bicyclic) bond motifs is 2. The largest absolute Gasteiger partial charge is 0.490 e. The molecule has 2 aliphatic rings. The van der Waals surface area contributed by atoms with Crippen LogP contribution in [0.5, 0.6) is 5.75 Å². The second-order valence-electron chi connectivity index (χ2n) is 9.57. The zero-order valence-corrected chi connectivity index (χ0v) is 20.8. The number of aromatic nitrogens is 1. The number of pyridine rings is 1. The first kappa shape index (κ1) is 23.8. The summed E-state index contributed by atoms with van der Waals surface area (Å²) >= 11 is 0. The smallest absolute Gasteiger partial charge is 0.252 e. The lowest BCUT2D eigenvalue weighted by atomic mass is 9.93. The van der Waals surface area contributed by atoms with E-state index in [9.17, 15) is 18.3 Å². The van der Waals surface area contributed by atoms with Gasteiger partial charge in [0.1, 0.15) is 12.4 Å². The summed E-state index contributed by atoms with van der Waals surface area (Å²) in [5.41, 5.74) is 2.66. The number of benzene rings is 2. The summed E-state index contributed by atoms with van der Waals surface area (Å²) in [6.07, 6.45) is 1.71. The molecule has 0 unspecified atom stereocenters. The zero-order valence-electron chi connectivity index (χ0n) is 20.0. The number of ether oxygens (including phenoxy) is 1. The van der Waals surface area contributed by atoms with Crippen molar-refractivity contribution in [3.05, 3.63) is 63.9 Å². The predicted octanol–water partition coefficient (Wildman–Crippen LogP) is 3.16. The highest BCUT2D eigenvalue weighted by molar-refractivity contribution is 7.89. The van der Waals surface area contributed by atoms with Crippen LogP contribution in [0.1, 0.15) is 36.8 Å². The number of likely N-dealkylation sites (N-methyl/N-ethyl adjacent to an activating group) is 1. The Morgan fingerprint density at radius 3 is 2.69 bits per heavy atom. The Kier molecular flexibility index (Phi) is 6.33. The summed E-state index contributed by atoms with van der Waals surface area (Å²) in [5.74, 6) is 0.540. The molecule has 2 heterocycles. The average Bonchev–Trinajstić information content (AvgIpc) is 2.84. The van der Waals surface area contributed by atoms with Gasteiger partial charge in [-0.05, 0) is 61.8 Å². The summed E-state index contributed by atoms with van der Waals surface area (Å²) in [6.45, 7) is 3.11. The van der Waals surface area contributed by atoms with Crippen LogP contribution >= 0.6 is 0 Å². The molecule has 0 atom stereocenters. The van der Waals surface area contributed by atoms with E-state index in [2.05, 4.69) is 4.98 Å². The highest BCUT2D eigenvalue weighted by atomic mass is 32.2. The number of aliphatic hydroxyl groups excluding tert-OH is 1. The van der Waals surface area contributed by atoms with E-state index in [1.54, 1.807) is 24.3 Å². The highest BCUT2D eigenvalue weighted by Crippen LogP contribution is 2.36. The van der Waals surface area contributed by atoms with E-state index in [4.69, 9.17) is 4.74 Å². The second kappa shape index (κ2) is 9.29. The van der Waals surface area contributed by atoms with Crippen molar-refractivity contribution >= 4 is 26.6 Å². The summed E-state index contributed by atoms with van der Waals surface area (Å²) in [5, 5.41) is 10.9. The lowest BCUT2D eigenvalue weighted by molar-refractivity contribution is 0.0981. The molecule has 1 fully saturated rings. The van der Waals surface area contributed by atoms with Gasteiger partial charge in [-0.3, -0.25) is 4.79 Å². The van der Waals surface area contributed by atoms with Crippen LogP contribution in [0.4, 0.5) is 5.69 Å². The molecule has 35 heavy (non-hydrogen) atoms. The Morgan fingerprint density at radius 2 is 1.91 bits per heavy atom. The average molecular weight is 498 g/mol. The van der Waals surface area contributed by atoms with Crippen LogP contribution in [0.2, 0.25) is 0 Å². The van der Waals surface area contributed by atoms with E-state index in [1.165, 1.54) is 4.31 Å². The lowest BCUT2D eigenvalue weighted by Crippen LogP contribution is -2.43. The van der Waals surface area contributed by atoms with Gasteiger partial charge in [-0.1, -0.05) is 18.2 Å². The fourth-order valence-corrected chi connectivity index (χ4v) is 6.78. The van der Waals surface area contributed by atoms with E-state index in [0.717, 1.165) is 28.7 Å². The number of anilines is 1. The molecule has 0 spiro atoms. The number of aryl methyl sites for hydroxylation is 1. The van der Waals surface area contributed by atoms with E-state index in [0.29, 0.717) is 43.6 Å². The number of aromatic amines is 1. The maximum atomic E-state index is 14.0. The van der Waals surface area contributed by atoms with Crippen molar-refractivity contribution < 1.29 is 18.3 Å². The Hall–Kier alpha value is -2.88. The van der Waals surface area contributed by atoms with Crippen LogP contribution in [0, 0.1) is 6.92 Å². The van der Waals surface area contributed by atoms with Gasteiger partial charge < -0.3 is 19.7 Å². The number of nitrogens with one attached hydrogen (secondary N) is 1. The van der Waals surface area contributed by atoms with Gasteiger partial charge in [0, 0.05) is 31.3 Å². The van der Waals surface area contributed by atoms with Crippen molar-refractivity contribution in [3.8, 4) is 5.75 Å². The first-order valence-electron chi connectivity index (χ1n) is 12.0. The van der Waals surface area contributed by atoms with Crippen LogP contribution in [-0.4, -0.2) is 55.2 Å². The third-order valence-corrected chi connectivity index (χ3v) is 9.09. The van der Waals surface area contributed by atoms with Gasteiger partial charge in [0.15, 0.2) is 0 Å². The summed E-state index contributed by atoms with van der Waals surface area (Å²) in [4.78, 5) is 18.1. The van der Waals surface area contributed by atoms with Crippen molar-refractivity contribution in [1.82, 2.24) is 9.29 Å². The quantitative estimate of drug-likeness (QED) is 0.561. The van der Waals surface area contributed by atoms with E-state index >= 15 is 0 Å². The highest BCUT2D eigenvalue weighted by Gasteiger charge is 2.35. The zero-order chi connectivity index (χ0) is 24.7. The van der Waals surface area contributed by atoms with Gasteiger partial charge in [-0.15, -0.1) is 0 Å². The topological polar surface area (TPSA) is 103 Å². The van der Waals surface area contributed by atoms with Crippen LogP contribution in [0.25, 0.3) is 10.9 Å². The van der Waals surface area contributed by atoms with Crippen LogP contribution in [0.15, 0.2) is 52.2 Å². The number of para-hydroxylation sites is 1. The molecule has 0 saturated heterocycles. The summed E-state index contributed by atoms with van der Waals surface area (Å²) in [6, 6.07) is 12.2. The van der Waals surface area contributed by atoms with Crippen LogP contribution < -0.4 is 15.2 Å². The molecule has 1 saturated carbocycles. The number of H-pyrrole nitrogens is 1. The molecule has 2 aromatic carbocycles. The van der Waals surface area contributed by atoms with Crippen molar-refractivity contribution in [2.24, 2.45) is 0 Å². The molecular formula is C26H31N3O5S. The number of hydrogen-bond acceptors (Lipinski definition) is 6. The molecule has 3 aromatic rings. The SMILES string of the molecule is Cc1cccc2cc(CN([C@H]3CC[C@H](O)CC3)S(=O)(=O)c3ccc4c(c3)OCCN4C)c(=O)[nH]c12. The third kappa shape index (κ3) is 4.55. The number of sulfonamides is 1. The molecule has 1 aliphatic heterocycles. The normalized spacial score (nSPS) is 20.6. The van der Waals surface area contributed by atoms with Gasteiger partial charge in [-0.25, -0.2) is 8.42 Å². The summed E-state index contributed by atoms with van der Waals surface area (Å²) < 4.78 is 35.2. The van der Waals surface area contributed by atoms with Crippen molar-refractivity contribution in [2.45, 2.75) is 56.2 Å². The van der Waals surface area contributed by atoms with Crippen molar-refractivity contribution in [2.75, 3.05) is 25.1 Å². The number of hydrogen-bond donors (Lipinski definition) is 2. The molecule has 0 radical (unpaired) electrons.